The zero-order valence-electron chi connectivity index (χ0n) is 52.9. The fraction of sp³-hybridized carbons (Fsp3) is 0.725. The van der Waals surface area contributed by atoms with Gasteiger partial charge in [0.1, 0.15) is 73.2 Å². The third kappa shape index (κ3) is 32.1. The highest BCUT2D eigenvalue weighted by atomic mass is 16.8. The van der Waals surface area contributed by atoms with Crippen molar-refractivity contribution in [1.29, 1.82) is 0 Å². The van der Waals surface area contributed by atoms with Crippen LogP contribution in [-0.2, 0) is 33.2 Å². The molecule has 3 fully saturated rings. The van der Waals surface area contributed by atoms with E-state index in [1.54, 1.807) is 6.08 Å². The SMILES string of the molecule is CC/C=C\C/C=C\C/C=C\C/C=C\C/C=C\C/C=C\C/C=C\CCCC(=O)NC(COC1OC(CO)C(OC2OC(CO)C(OC3OC(CO)C(O)C(O)C3O)C(O)C2O)C(O)C1O)C(O)/C=C/CC/C=C/CCCCCCCCCCCCCCCC. The number of allylic oxidation sites excluding steroid dienone is 17. The van der Waals surface area contributed by atoms with E-state index >= 15 is 0 Å². The predicted octanol–water partition coefficient (Wildman–Crippen LogP) is 7.88. The summed E-state index contributed by atoms with van der Waals surface area (Å²) >= 11 is 0. The molecule has 0 aliphatic carbocycles. The first kappa shape index (κ1) is 78.7. The normalized spacial score (nSPS) is 29.1. The topological polar surface area (TPSA) is 307 Å². The summed E-state index contributed by atoms with van der Waals surface area (Å²) in [5.74, 6) is -0.347. The molecule has 0 aromatic carbocycles. The van der Waals surface area contributed by atoms with Gasteiger partial charge in [-0.15, -0.1) is 0 Å². The summed E-state index contributed by atoms with van der Waals surface area (Å²) in [6.45, 7) is 1.54. The van der Waals surface area contributed by atoms with Gasteiger partial charge in [-0.1, -0.05) is 207 Å². The highest BCUT2D eigenvalue weighted by Crippen LogP contribution is 2.33. The van der Waals surface area contributed by atoms with Crippen LogP contribution >= 0.6 is 0 Å². The third-order valence-corrected chi connectivity index (χ3v) is 15.8. The molecule has 0 aromatic rings. The zero-order chi connectivity index (χ0) is 64.0. The number of aliphatic hydroxyl groups is 11. The van der Waals surface area contributed by atoms with E-state index in [1.165, 1.54) is 83.5 Å². The molecule has 504 valence electrons. The van der Waals surface area contributed by atoms with Crippen LogP contribution in [0.4, 0.5) is 0 Å². The molecule has 3 heterocycles. The summed E-state index contributed by atoms with van der Waals surface area (Å²) in [4.78, 5) is 13.4. The van der Waals surface area contributed by atoms with Gasteiger partial charge >= 0.3 is 0 Å². The Kier molecular flexibility index (Phi) is 44.8. The van der Waals surface area contributed by atoms with Crippen molar-refractivity contribution in [3.05, 3.63) is 109 Å². The molecule has 19 heteroatoms. The van der Waals surface area contributed by atoms with Crippen molar-refractivity contribution in [1.82, 2.24) is 5.32 Å². The molecule has 19 nitrogen and oxygen atoms in total. The Morgan fingerprint density at radius 1 is 0.420 bits per heavy atom. The summed E-state index contributed by atoms with van der Waals surface area (Å²) < 4.78 is 34.3. The van der Waals surface area contributed by atoms with Crippen molar-refractivity contribution in [3.63, 3.8) is 0 Å². The summed E-state index contributed by atoms with van der Waals surface area (Å²) in [6.07, 6.45) is 39.2. The first-order chi connectivity index (χ1) is 42.8. The lowest BCUT2D eigenvalue weighted by molar-refractivity contribution is -0.379. The molecule has 0 saturated carbocycles. The van der Waals surface area contributed by atoms with Crippen molar-refractivity contribution in [2.45, 2.75) is 291 Å². The molecule has 88 heavy (non-hydrogen) atoms. The van der Waals surface area contributed by atoms with E-state index in [2.05, 4.69) is 110 Å². The Morgan fingerprint density at radius 3 is 1.27 bits per heavy atom. The minimum absolute atomic E-state index is 0.149. The number of carbonyl (C=O) groups excluding carboxylic acids is 1. The molecular weight excluding hydrogens is 1130 g/mol. The first-order valence-corrected chi connectivity index (χ1v) is 33.1. The maximum Gasteiger partial charge on any atom is 0.220 e. The number of amides is 1. The van der Waals surface area contributed by atoms with Gasteiger partial charge < -0.3 is 89.9 Å². The van der Waals surface area contributed by atoms with E-state index in [0.717, 1.165) is 64.2 Å². The van der Waals surface area contributed by atoms with Crippen LogP contribution in [0.15, 0.2) is 109 Å². The minimum Gasteiger partial charge on any atom is -0.394 e. The molecular formula is C69H115NO18. The molecule has 3 aliphatic heterocycles. The molecule has 0 bridgehead atoms. The lowest BCUT2D eigenvalue weighted by Crippen LogP contribution is -2.66. The van der Waals surface area contributed by atoms with E-state index < -0.39 is 131 Å². The second kappa shape index (κ2) is 50.1. The number of nitrogens with one attached hydrogen (secondary N) is 1. The molecule has 0 aromatic heterocycles. The van der Waals surface area contributed by atoms with E-state index in [1.807, 2.05) is 12.2 Å². The molecule has 17 atom stereocenters. The second-order valence-electron chi connectivity index (χ2n) is 23.2. The largest absolute Gasteiger partial charge is 0.394 e. The summed E-state index contributed by atoms with van der Waals surface area (Å²) in [5, 5.41) is 120. The average molecular weight is 1250 g/mol. The maximum atomic E-state index is 13.4. The molecule has 0 spiro atoms. The van der Waals surface area contributed by atoms with Crippen molar-refractivity contribution >= 4 is 5.91 Å². The summed E-state index contributed by atoms with van der Waals surface area (Å²) in [6, 6.07) is -1.03. The summed E-state index contributed by atoms with van der Waals surface area (Å²) in [5.41, 5.74) is 0. The minimum atomic E-state index is -1.99. The van der Waals surface area contributed by atoms with Crippen LogP contribution in [-0.4, -0.2) is 193 Å². The number of hydrogen-bond donors (Lipinski definition) is 12. The molecule has 12 N–H and O–H groups in total. The number of hydrogen-bond acceptors (Lipinski definition) is 18. The lowest BCUT2D eigenvalue weighted by Gasteiger charge is -2.48. The Hall–Kier alpha value is -3.55. The van der Waals surface area contributed by atoms with Crippen molar-refractivity contribution in [2.24, 2.45) is 0 Å². The fourth-order valence-electron chi connectivity index (χ4n) is 10.4. The van der Waals surface area contributed by atoms with E-state index in [-0.39, 0.29) is 12.3 Å². The van der Waals surface area contributed by atoms with E-state index in [9.17, 15) is 61.0 Å². The van der Waals surface area contributed by atoms with Crippen LogP contribution in [0.3, 0.4) is 0 Å². The molecule has 3 aliphatic rings. The van der Waals surface area contributed by atoms with Gasteiger partial charge in [-0.25, -0.2) is 0 Å². The zero-order valence-corrected chi connectivity index (χ0v) is 52.9. The number of rotatable bonds is 48. The average Bonchev–Trinajstić information content (AvgIpc) is 3.71. The number of ether oxygens (including phenoxy) is 6. The van der Waals surface area contributed by atoms with Crippen LogP contribution in [0, 0.1) is 0 Å². The number of carbonyl (C=O) groups is 1. The number of unbranched alkanes of at least 4 members (excludes halogenated alkanes) is 16. The van der Waals surface area contributed by atoms with Crippen molar-refractivity contribution in [2.75, 3.05) is 26.4 Å². The monoisotopic (exact) mass is 1250 g/mol. The third-order valence-electron chi connectivity index (χ3n) is 15.8. The molecule has 17 unspecified atom stereocenters. The van der Waals surface area contributed by atoms with Crippen LogP contribution in [0.2, 0.25) is 0 Å². The van der Waals surface area contributed by atoms with Crippen molar-refractivity contribution in [3.8, 4) is 0 Å². The van der Waals surface area contributed by atoms with Gasteiger partial charge in [0.05, 0.1) is 38.6 Å². The quantitative estimate of drug-likeness (QED) is 0.0204. The lowest BCUT2D eigenvalue weighted by atomic mass is 9.96. The van der Waals surface area contributed by atoms with Crippen LogP contribution in [0.1, 0.15) is 187 Å². The van der Waals surface area contributed by atoms with E-state index in [4.69, 9.17) is 28.4 Å². The molecule has 0 radical (unpaired) electrons. The Balaban J connectivity index is 1.50. The highest BCUT2D eigenvalue weighted by Gasteiger charge is 2.53. The second-order valence-corrected chi connectivity index (χ2v) is 23.2. The van der Waals surface area contributed by atoms with Crippen LogP contribution in [0.25, 0.3) is 0 Å². The standard InChI is InChI=1S/C69H115NO18/c1-3-5-7-9-11-13-15-17-19-21-23-25-26-27-29-31-33-35-37-39-41-43-45-47-57(75)70-52(53(74)46-44-42-40-38-36-34-32-30-28-24-22-20-18-16-14-12-10-8-6-4-2)51-83-67-63(81)60(78)65(55(49-72)85-67)88-69-64(82)61(79)66(56(50-73)86-69)87-68-62(80)59(77)58(76)54(48-71)84-68/h5,7,11,13,17,19,23,25,27,29,33,35-36,38-39,41,44,46,52-56,58-69,71-74,76-82H,3-4,6,8-10,12,14-16,18,20-22,24,26,28,30-32,34,37,40,42-43,45,47-51H2,1-2H3,(H,70,75)/b7-5-,13-11-,19-17-,25-23-,29-27-,35-33-,38-36+,41-39-,46-44+. The van der Waals surface area contributed by atoms with Crippen LogP contribution in [0.5, 0.6) is 0 Å². The summed E-state index contributed by atoms with van der Waals surface area (Å²) in [7, 11) is 0. The van der Waals surface area contributed by atoms with Gasteiger partial charge in [0.2, 0.25) is 5.91 Å². The van der Waals surface area contributed by atoms with Gasteiger partial charge in [0.15, 0.2) is 18.9 Å². The van der Waals surface area contributed by atoms with Crippen molar-refractivity contribution < 1.29 is 89.4 Å². The molecule has 1 amide bonds. The molecule has 3 rings (SSSR count). The Bertz CT molecular complexity index is 2020. The van der Waals surface area contributed by atoms with Gasteiger partial charge in [-0.05, 0) is 83.5 Å². The molecule has 3 saturated heterocycles. The van der Waals surface area contributed by atoms with Gasteiger partial charge in [0.25, 0.3) is 0 Å². The van der Waals surface area contributed by atoms with Gasteiger partial charge in [0, 0.05) is 6.42 Å². The van der Waals surface area contributed by atoms with E-state index in [0.29, 0.717) is 19.3 Å². The Labute approximate surface area is 525 Å². The number of aliphatic hydroxyl groups excluding tert-OH is 11. The smallest absolute Gasteiger partial charge is 0.220 e. The maximum absolute atomic E-state index is 13.4. The first-order valence-electron chi connectivity index (χ1n) is 33.1. The Morgan fingerprint density at radius 2 is 0.795 bits per heavy atom. The fourth-order valence-corrected chi connectivity index (χ4v) is 10.4. The predicted molar refractivity (Wildman–Crippen MR) is 341 cm³/mol. The van der Waals surface area contributed by atoms with Crippen LogP contribution < -0.4 is 5.32 Å². The van der Waals surface area contributed by atoms with Gasteiger partial charge in [-0.2, -0.15) is 0 Å². The van der Waals surface area contributed by atoms with Gasteiger partial charge in [-0.3, -0.25) is 4.79 Å². The highest BCUT2D eigenvalue weighted by molar-refractivity contribution is 5.76.